The standard InChI is InChI=1S/C29H33N5O3S/c1-6-9-25-30-19(4)24(16-26(38)33(5)18(2)3)28(35)34(25)17-20-12-14-21(15-13-20)22-10-7-8-11-23(22)27-31-29(36)37-32-27/h7-8,10-15,18H,6,9,16-17H2,1-5H3,(H,31,32,36). The smallest absolute Gasteiger partial charge is 0.367 e. The Morgan fingerprint density at radius 1 is 1.11 bits per heavy atom. The van der Waals surface area contributed by atoms with Crippen LogP contribution in [0, 0.1) is 6.92 Å². The predicted molar refractivity (Wildman–Crippen MR) is 154 cm³/mol. The third-order valence-corrected chi connectivity index (χ3v) is 7.18. The molecule has 2 heterocycles. The highest BCUT2D eigenvalue weighted by atomic mass is 32.1. The van der Waals surface area contributed by atoms with Crippen LogP contribution >= 0.6 is 12.2 Å². The number of likely N-dealkylation sites (N-methyl/N-ethyl adjacent to an activating group) is 1. The molecule has 2 aromatic heterocycles. The molecule has 0 unspecified atom stereocenters. The van der Waals surface area contributed by atoms with Gasteiger partial charge in [-0.2, -0.15) is 0 Å². The number of hydrogen-bond donors (Lipinski definition) is 1. The van der Waals surface area contributed by atoms with E-state index in [1.54, 1.807) is 4.57 Å². The molecule has 0 radical (unpaired) electrons. The number of nitrogens with zero attached hydrogens (tertiary/aromatic N) is 4. The number of thiocarbonyl (C=S) groups is 1. The lowest BCUT2D eigenvalue weighted by atomic mass is 9.98. The Hall–Kier alpha value is -3.85. The van der Waals surface area contributed by atoms with Gasteiger partial charge in [-0.3, -0.25) is 18.9 Å². The zero-order valence-corrected chi connectivity index (χ0v) is 23.3. The number of H-pyrrole nitrogens is 1. The van der Waals surface area contributed by atoms with Gasteiger partial charge in [0, 0.05) is 42.8 Å². The first-order valence-electron chi connectivity index (χ1n) is 12.8. The minimum Gasteiger partial charge on any atom is -0.367 e. The van der Waals surface area contributed by atoms with Crippen molar-refractivity contribution in [2.24, 2.45) is 0 Å². The molecule has 38 heavy (non-hydrogen) atoms. The summed E-state index contributed by atoms with van der Waals surface area (Å²) in [6, 6.07) is 16.0. The van der Waals surface area contributed by atoms with Gasteiger partial charge in [0.2, 0.25) is 0 Å². The van der Waals surface area contributed by atoms with Gasteiger partial charge < -0.3 is 4.90 Å². The van der Waals surface area contributed by atoms with Crippen molar-refractivity contribution in [1.82, 2.24) is 24.6 Å². The predicted octanol–water partition coefficient (Wildman–Crippen LogP) is 4.77. The van der Waals surface area contributed by atoms with Crippen molar-refractivity contribution in [2.45, 2.75) is 59.5 Å². The summed E-state index contributed by atoms with van der Waals surface area (Å²) in [6.45, 7) is 8.55. The lowest BCUT2D eigenvalue weighted by Gasteiger charge is -2.25. The Balaban J connectivity index is 1.66. The van der Waals surface area contributed by atoms with Gasteiger partial charge in [0.25, 0.3) is 5.56 Å². The van der Waals surface area contributed by atoms with Gasteiger partial charge in [-0.25, -0.2) is 9.78 Å². The fourth-order valence-electron chi connectivity index (χ4n) is 4.36. The molecular weight excluding hydrogens is 498 g/mol. The maximum absolute atomic E-state index is 13.7. The molecule has 1 N–H and O–H groups in total. The molecule has 0 saturated heterocycles. The van der Waals surface area contributed by atoms with Gasteiger partial charge in [0.05, 0.1) is 11.5 Å². The van der Waals surface area contributed by atoms with Crippen LogP contribution in [0.5, 0.6) is 0 Å². The fraction of sp³-hybridized carbons (Fsp3) is 0.345. The van der Waals surface area contributed by atoms with E-state index in [2.05, 4.69) is 30.9 Å². The van der Waals surface area contributed by atoms with Crippen molar-refractivity contribution in [1.29, 1.82) is 0 Å². The number of aromatic amines is 1. The Morgan fingerprint density at radius 3 is 2.39 bits per heavy atom. The molecule has 0 bridgehead atoms. The lowest BCUT2D eigenvalue weighted by molar-refractivity contribution is 0.388. The normalized spacial score (nSPS) is 11.2. The molecule has 4 rings (SSSR count). The maximum Gasteiger partial charge on any atom is 0.439 e. The summed E-state index contributed by atoms with van der Waals surface area (Å²) < 4.78 is 6.48. The number of rotatable bonds is 9. The van der Waals surface area contributed by atoms with Crippen LogP contribution in [0.2, 0.25) is 0 Å². The average Bonchev–Trinajstić information content (AvgIpc) is 3.34. The summed E-state index contributed by atoms with van der Waals surface area (Å²) >= 11 is 5.64. The van der Waals surface area contributed by atoms with E-state index >= 15 is 0 Å². The maximum atomic E-state index is 13.7. The molecule has 0 atom stereocenters. The highest BCUT2D eigenvalue weighted by molar-refractivity contribution is 7.80. The summed E-state index contributed by atoms with van der Waals surface area (Å²) in [5, 5.41) is 3.84. The van der Waals surface area contributed by atoms with E-state index in [-0.39, 0.29) is 11.6 Å². The molecule has 8 nitrogen and oxygen atoms in total. The Labute approximate surface area is 227 Å². The molecule has 0 aliphatic carbocycles. The van der Waals surface area contributed by atoms with Crippen LogP contribution in [0.25, 0.3) is 22.5 Å². The van der Waals surface area contributed by atoms with E-state index in [9.17, 15) is 9.59 Å². The highest BCUT2D eigenvalue weighted by Gasteiger charge is 2.18. The summed E-state index contributed by atoms with van der Waals surface area (Å²) in [6.07, 6.45) is 2.00. The molecule has 198 valence electrons. The molecule has 2 aromatic carbocycles. The zero-order chi connectivity index (χ0) is 27.4. The monoisotopic (exact) mass is 531 g/mol. The number of nitrogens with one attached hydrogen (secondary N) is 1. The largest absolute Gasteiger partial charge is 0.439 e. The third kappa shape index (κ3) is 5.83. The topological polar surface area (TPSA) is 97.0 Å². The van der Waals surface area contributed by atoms with E-state index in [1.807, 2.05) is 67.4 Å². The Bertz CT molecular complexity index is 1550. The van der Waals surface area contributed by atoms with Gasteiger partial charge in [0.1, 0.15) is 5.82 Å². The van der Waals surface area contributed by atoms with Gasteiger partial charge >= 0.3 is 5.76 Å². The van der Waals surface area contributed by atoms with Crippen LogP contribution in [-0.4, -0.2) is 42.7 Å². The molecule has 0 fully saturated rings. The van der Waals surface area contributed by atoms with E-state index in [0.29, 0.717) is 30.8 Å². The van der Waals surface area contributed by atoms with Gasteiger partial charge in [-0.1, -0.05) is 72.8 Å². The number of aromatic nitrogens is 4. The van der Waals surface area contributed by atoms with Gasteiger partial charge in [-0.05, 0) is 43.9 Å². The summed E-state index contributed by atoms with van der Waals surface area (Å²) in [7, 11) is 1.96. The lowest BCUT2D eigenvalue weighted by Crippen LogP contribution is -2.36. The Kier molecular flexibility index (Phi) is 8.36. The molecule has 0 aliphatic heterocycles. The molecule has 0 spiro atoms. The van der Waals surface area contributed by atoms with E-state index in [4.69, 9.17) is 21.7 Å². The van der Waals surface area contributed by atoms with Crippen molar-refractivity contribution in [3.05, 3.63) is 92.1 Å². The Morgan fingerprint density at radius 2 is 1.79 bits per heavy atom. The second-order valence-electron chi connectivity index (χ2n) is 9.69. The molecule has 0 saturated carbocycles. The van der Waals surface area contributed by atoms with Crippen LogP contribution < -0.4 is 11.3 Å². The minimum absolute atomic E-state index is 0.0372. The molecule has 0 aliphatic rings. The van der Waals surface area contributed by atoms with Crippen LogP contribution in [-0.2, 0) is 19.4 Å². The quantitative estimate of drug-likeness (QED) is 0.311. The van der Waals surface area contributed by atoms with E-state index in [0.717, 1.165) is 45.2 Å². The van der Waals surface area contributed by atoms with Crippen LogP contribution in [0.3, 0.4) is 0 Å². The van der Waals surface area contributed by atoms with Gasteiger partial charge in [-0.15, -0.1) is 0 Å². The molecule has 0 amide bonds. The molecular formula is C29H33N5O3S. The highest BCUT2D eigenvalue weighted by Crippen LogP contribution is 2.30. The van der Waals surface area contributed by atoms with Crippen molar-refractivity contribution in [3.8, 4) is 22.5 Å². The van der Waals surface area contributed by atoms with Crippen molar-refractivity contribution < 1.29 is 4.52 Å². The van der Waals surface area contributed by atoms with Crippen LogP contribution in [0.1, 0.15) is 49.8 Å². The second kappa shape index (κ2) is 11.7. The second-order valence-corrected chi connectivity index (χ2v) is 10.2. The number of benzene rings is 2. The van der Waals surface area contributed by atoms with Gasteiger partial charge in [0.15, 0.2) is 5.82 Å². The van der Waals surface area contributed by atoms with Crippen molar-refractivity contribution in [3.63, 3.8) is 0 Å². The first-order chi connectivity index (χ1) is 18.2. The first-order valence-corrected chi connectivity index (χ1v) is 13.2. The van der Waals surface area contributed by atoms with E-state index in [1.165, 1.54) is 0 Å². The van der Waals surface area contributed by atoms with Crippen molar-refractivity contribution in [2.75, 3.05) is 7.05 Å². The third-order valence-electron chi connectivity index (χ3n) is 6.75. The van der Waals surface area contributed by atoms with Crippen molar-refractivity contribution >= 4 is 17.2 Å². The van der Waals surface area contributed by atoms with E-state index < -0.39 is 5.76 Å². The minimum atomic E-state index is -0.596. The molecule has 4 aromatic rings. The van der Waals surface area contributed by atoms with Crippen LogP contribution in [0.4, 0.5) is 0 Å². The summed E-state index contributed by atoms with van der Waals surface area (Å²) in [5.41, 5.74) is 4.97. The number of aryl methyl sites for hydroxylation is 2. The zero-order valence-electron chi connectivity index (χ0n) is 22.4. The summed E-state index contributed by atoms with van der Waals surface area (Å²) in [4.78, 5) is 35.4. The number of hydrogen-bond acceptors (Lipinski definition) is 6. The fourth-order valence-corrected chi connectivity index (χ4v) is 4.72. The molecule has 9 heteroatoms. The first kappa shape index (κ1) is 27.2. The summed E-state index contributed by atoms with van der Waals surface area (Å²) in [5.74, 6) is 0.567. The van der Waals surface area contributed by atoms with Crippen LogP contribution in [0.15, 0.2) is 62.6 Å². The average molecular weight is 532 g/mol. The SMILES string of the molecule is CCCc1nc(C)c(CC(=S)N(C)C(C)C)c(=O)n1Cc1ccc(-c2ccccc2-c2noc(=O)[nH]2)cc1.